The summed E-state index contributed by atoms with van der Waals surface area (Å²) in [5.74, 6) is -1.37. The van der Waals surface area contributed by atoms with Crippen LogP contribution in [-0.4, -0.2) is 80.7 Å². The number of primary amides is 1. The second-order valence-electron chi connectivity index (χ2n) is 14.2. The highest BCUT2D eigenvalue weighted by Gasteiger charge is 2.28. The molecule has 3 aromatic heterocycles. The number of benzene rings is 3. The van der Waals surface area contributed by atoms with Gasteiger partial charge in [-0.05, 0) is 78.8 Å². The van der Waals surface area contributed by atoms with Crippen LogP contribution in [0.3, 0.4) is 0 Å². The van der Waals surface area contributed by atoms with Crippen molar-refractivity contribution in [2.24, 2.45) is 5.73 Å². The maximum Gasteiger partial charge on any atom is 0.290 e. The van der Waals surface area contributed by atoms with Crippen molar-refractivity contribution in [3.63, 3.8) is 0 Å². The van der Waals surface area contributed by atoms with Crippen LogP contribution in [0.5, 0.6) is 0 Å². The van der Waals surface area contributed by atoms with Crippen LogP contribution in [0, 0.1) is 6.92 Å². The zero-order valence-electron chi connectivity index (χ0n) is 30.2. The summed E-state index contributed by atoms with van der Waals surface area (Å²) >= 11 is 0. The van der Waals surface area contributed by atoms with Gasteiger partial charge in [0.1, 0.15) is 0 Å². The number of pyridine rings is 1. The number of piperidine rings is 1. The van der Waals surface area contributed by atoms with E-state index in [1.165, 1.54) is 11.3 Å². The number of nitrogens with two attached hydrogens (primary N) is 1. The van der Waals surface area contributed by atoms with E-state index in [0.717, 1.165) is 83.6 Å². The predicted octanol–water partition coefficient (Wildman–Crippen LogP) is 5.12. The zero-order chi connectivity index (χ0) is 37.3. The van der Waals surface area contributed by atoms with Gasteiger partial charge in [0.2, 0.25) is 17.7 Å². The molecule has 0 bridgehead atoms. The third-order valence-electron chi connectivity index (χ3n) is 10.7. The van der Waals surface area contributed by atoms with Crippen LogP contribution in [0.2, 0.25) is 0 Å². The molecule has 2 fully saturated rings. The third-order valence-corrected chi connectivity index (χ3v) is 10.7. The highest BCUT2D eigenvalue weighted by molar-refractivity contribution is 6.01. The number of anilines is 1. The molecule has 6 aromatic rings. The number of carbonyl (C=O) groups excluding carboxylic acids is 3. The monoisotopic (exact) mass is 723 g/mol. The zero-order valence-corrected chi connectivity index (χ0v) is 30.2. The van der Waals surface area contributed by atoms with E-state index in [1.807, 2.05) is 44.3 Å². The molecule has 3 amide bonds. The number of hydrogen-bond donors (Lipinski definition) is 3. The standard InChI is InChI=1S/C41H41N9O4/c1-24-21-29(9-12-32(24)25(2)41-45-39(37(42)52)48-54-41)36-34-22-30(23-43-38(34)47-46-36)27-7-10-31(11-8-27)50-19-17-49(18-20-50)16-15-26-3-5-28(6-4-26)33-13-14-35(51)44-40(33)53/h3-12,21-23,25,33H,13-20H2,1-2H3,(H2,42,52)(H,43,46,47)(H,44,51,53)/t25-,33+/m1/s1. The van der Waals surface area contributed by atoms with Gasteiger partial charge in [-0.3, -0.25) is 29.7 Å². The highest BCUT2D eigenvalue weighted by Crippen LogP contribution is 2.34. The average Bonchev–Trinajstić information content (AvgIpc) is 3.86. The van der Waals surface area contributed by atoms with Gasteiger partial charge in [0.15, 0.2) is 5.65 Å². The normalized spacial score (nSPS) is 17.1. The van der Waals surface area contributed by atoms with Crippen molar-refractivity contribution in [2.45, 2.75) is 44.9 Å². The second-order valence-corrected chi connectivity index (χ2v) is 14.2. The molecular weight excluding hydrogens is 683 g/mol. The number of H-pyrrole nitrogens is 1. The van der Waals surface area contributed by atoms with Gasteiger partial charge in [0.05, 0.1) is 17.5 Å². The summed E-state index contributed by atoms with van der Waals surface area (Å²) in [4.78, 5) is 48.9. The van der Waals surface area contributed by atoms with Crippen molar-refractivity contribution in [1.29, 1.82) is 0 Å². The molecule has 5 heterocycles. The number of carbonyl (C=O) groups is 3. The van der Waals surface area contributed by atoms with Crippen molar-refractivity contribution in [1.82, 2.24) is 35.5 Å². The van der Waals surface area contributed by atoms with E-state index in [2.05, 4.69) is 89.0 Å². The molecule has 274 valence electrons. The average molecular weight is 724 g/mol. The first-order valence-electron chi connectivity index (χ1n) is 18.3. The quantitative estimate of drug-likeness (QED) is 0.161. The lowest BCUT2D eigenvalue weighted by Crippen LogP contribution is -2.47. The van der Waals surface area contributed by atoms with Crippen LogP contribution >= 0.6 is 0 Å². The lowest BCUT2D eigenvalue weighted by Gasteiger charge is -2.36. The van der Waals surface area contributed by atoms with E-state index < -0.39 is 5.91 Å². The van der Waals surface area contributed by atoms with E-state index in [0.29, 0.717) is 24.4 Å². The van der Waals surface area contributed by atoms with Crippen LogP contribution in [0.4, 0.5) is 5.69 Å². The molecule has 54 heavy (non-hydrogen) atoms. The van der Waals surface area contributed by atoms with Crippen molar-refractivity contribution < 1.29 is 18.9 Å². The molecule has 0 unspecified atom stereocenters. The number of piperazine rings is 1. The Hall–Kier alpha value is -6.21. The van der Waals surface area contributed by atoms with Crippen molar-refractivity contribution >= 4 is 34.4 Å². The van der Waals surface area contributed by atoms with Gasteiger partial charge >= 0.3 is 0 Å². The Kier molecular flexibility index (Phi) is 9.47. The Morgan fingerprint density at radius 3 is 2.43 bits per heavy atom. The first kappa shape index (κ1) is 34.9. The molecule has 2 aliphatic heterocycles. The fraction of sp³-hybridized carbons (Fsp3) is 0.293. The van der Waals surface area contributed by atoms with Gasteiger partial charge in [0.25, 0.3) is 11.7 Å². The molecule has 0 saturated carbocycles. The minimum atomic E-state index is -0.726. The summed E-state index contributed by atoms with van der Waals surface area (Å²) < 4.78 is 5.30. The first-order chi connectivity index (χ1) is 26.2. The van der Waals surface area contributed by atoms with E-state index in [9.17, 15) is 14.4 Å². The minimum absolute atomic E-state index is 0.131. The largest absolute Gasteiger partial charge is 0.369 e. The number of rotatable bonds is 10. The van der Waals surface area contributed by atoms with Gasteiger partial charge in [-0.2, -0.15) is 10.1 Å². The number of nitrogens with zero attached hydrogens (tertiary/aromatic N) is 6. The fourth-order valence-corrected chi connectivity index (χ4v) is 7.55. The minimum Gasteiger partial charge on any atom is -0.369 e. The number of fused-ring (bicyclic) bond motifs is 1. The molecule has 2 atom stereocenters. The highest BCUT2D eigenvalue weighted by atomic mass is 16.5. The Bertz CT molecular complexity index is 2340. The molecule has 3 aromatic carbocycles. The third kappa shape index (κ3) is 7.09. The SMILES string of the molecule is Cc1cc(-c2[nH]nc3ncc(-c4ccc(N5CCN(CCc6ccc([C@@H]7CCC(=O)NC7=O)cc6)CC5)cc4)cc23)ccc1[C@@H](C)c1nc(C(N)=O)no1. The summed E-state index contributed by atoms with van der Waals surface area (Å²) in [5.41, 5.74) is 15.3. The molecule has 2 saturated heterocycles. The Balaban J connectivity index is 0.881. The maximum absolute atomic E-state index is 12.2. The number of aromatic amines is 1. The van der Waals surface area contributed by atoms with Crippen LogP contribution in [-0.2, 0) is 16.0 Å². The molecule has 0 radical (unpaired) electrons. The van der Waals surface area contributed by atoms with Crippen LogP contribution in [0.25, 0.3) is 33.4 Å². The molecular formula is C41H41N9O4. The smallest absolute Gasteiger partial charge is 0.290 e. The molecule has 13 heteroatoms. The number of imide groups is 1. The Labute approximate surface area is 311 Å². The first-order valence-corrected chi connectivity index (χ1v) is 18.3. The second kappa shape index (κ2) is 14.7. The van der Waals surface area contributed by atoms with Crippen LogP contribution in [0.15, 0.2) is 83.5 Å². The van der Waals surface area contributed by atoms with Crippen molar-refractivity contribution in [3.8, 4) is 22.4 Å². The Morgan fingerprint density at radius 2 is 1.72 bits per heavy atom. The number of aromatic nitrogens is 5. The molecule has 2 aliphatic rings. The molecule has 0 aliphatic carbocycles. The fourth-order valence-electron chi connectivity index (χ4n) is 7.55. The van der Waals surface area contributed by atoms with Gasteiger partial charge < -0.3 is 15.2 Å². The molecule has 8 rings (SSSR count). The van der Waals surface area contributed by atoms with E-state index in [4.69, 9.17) is 10.3 Å². The number of hydrogen-bond acceptors (Lipinski definition) is 10. The van der Waals surface area contributed by atoms with E-state index in [-0.39, 0.29) is 29.5 Å². The van der Waals surface area contributed by atoms with E-state index in [1.54, 1.807) is 0 Å². The summed E-state index contributed by atoms with van der Waals surface area (Å²) in [6.45, 7) is 8.86. The van der Waals surface area contributed by atoms with Crippen LogP contribution < -0.4 is 16.0 Å². The van der Waals surface area contributed by atoms with Crippen LogP contribution in [0.1, 0.15) is 70.4 Å². The van der Waals surface area contributed by atoms with Gasteiger partial charge in [-0.1, -0.05) is 53.7 Å². The maximum atomic E-state index is 12.2. The van der Waals surface area contributed by atoms with Crippen molar-refractivity contribution in [3.05, 3.63) is 113 Å². The summed E-state index contributed by atoms with van der Waals surface area (Å²) in [6, 6.07) is 25.3. The number of nitrogens with one attached hydrogen (secondary N) is 2. The van der Waals surface area contributed by atoms with Gasteiger partial charge in [-0.15, -0.1) is 0 Å². The molecule has 0 spiro atoms. The topological polar surface area (TPSA) is 176 Å². The summed E-state index contributed by atoms with van der Waals surface area (Å²) in [6.07, 6.45) is 3.78. The Morgan fingerprint density at radius 1 is 0.963 bits per heavy atom. The lowest BCUT2D eigenvalue weighted by molar-refractivity contribution is -0.134. The molecule has 13 nitrogen and oxygen atoms in total. The van der Waals surface area contributed by atoms with Crippen molar-refractivity contribution in [2.75, 3.05) is 37.6 Å². The lowest BCUT2D eigenvalue weighted by atomic mass is 9.90. The predicted molar refractivity (Wildman–Crippen MR) is 204 cm³/mol. The number of amides is 3. The molecule has 4 N–H and O–H groups in total. The van der Waals surface area contributed by atoms with E-state index >= 15 is 0 Å². The number of aryl methyl sites for hydroxylation is 1. The summed E-state index contributed by atoms with van der Waals surface area (Å²) in [7, 11) is 0. The summed E-state index contributed by atoms with van der Waals surface area (Å²) in [5, 5.41) is 14.7. The van der Waals surface area contributed by atoms with Gasteiger partial charge in [0, 0.05) is 67.5 Å². The van der Waals surface area contributed by atoms with Gasteiger partial charge in [-0.25, -0.2) is 4.98 Å².